The molecule has 0 aliphatic heterocycles. The summed E-state index contributed by atoms with van der Waals surface area (Å²) in [6, 6.07) is 8.06. The molecule has 0 unspecified atom stereocenters. The van der Waals surface area contributed by atoms with Crippen molar-refractivity contribution in [3.8, 4) is 0 Å². The van der Waals surface area contributed by atoms with Crippen LogP contribution in [-0.4, -0.2) is 30.6 Å². The fourth-order valence-electron chi connectivity index (χ4n) is 3.22. The van der Waals surface area contributed by atoms with E-state index < -0.39 is 13.2 Å². The average molecular weight is 381 g/mol. The first-order valence-electron chi connectivity index (χ1n) is 10.7. The molecule has 0 N–H and O–H groups in total. The lowest BCUT2D eigenvalue weighted by atomic mass is 10.2. The molecule has 26 heavy (non-hydrogen) atoms. The second-order valence-electron chi connectivity index (χ2n) is 7.30. The molecule has 0 saturated heterocycles. The first-order chi connectivity index (χ1) is 12.5. The van der Waals surface area contributed by atoms with Crippen molar-refractivity contribution in [3.63, 3.8) is 0 Å². The molecule has 1 aromatic rings. The molecule has 1 aromatic carbocycles. The maximum atomic E-state index is 10.1. The van der Waals surface area contributed by atoms with E-state index in [1.807, 2.05) is 0 Å². The van der Waals surface area contributed by atoms with Gasteiger partial charge in [-0.3, -0.25) is 0 Å². The maximum Gasteiger partial charge on any atom is 0.0715 e. The molecule has 0 heterocycles. The molecule has 0 amide bonds. The Morgan fingerprint density at radius 3 is 1.31 bits per heavy atom. The van der Waals surface area contributed by atoms with E-state index in [4.69, 9.17) is 0 Å². The molecular weight excluding hydrogens is 339 g/mol. The Balaban J connectivity index is 0.000000577. The highest BCUT2D eigenvalue weighted by molar-refractivity contribution is 7.75. The molecule has 0 spiro atoms. The molecule has 0 aromatic heterocycles. The van der Waals surface area contributed by atoms with Crippen molar-refractivity contribution in [1.29, 1.82) is 0 Å². The van der Waals surface area contributed by atoms with Gasteiger partial charge in [0.25, 0.3) is 0 Å². The Bertz CT molecular complexity index is 407. The summed E-state index contributed by atoms with van der Waals surface area (Å²) < 4.78 is 0. The predicted molar refractivity (Wildman–Crippen MR) is 117 cm³/mol. The molecular formula is C23H41O2P. The molecule has 1 rings (SSSR count). The van der Waals surface area contributed by atoms with Gasteiger partial charge >= 0.3 is 0 Å². The smallest absolute Gasteiger partial charge is 0.0715 e. The van der Waals surface area contributed by atoms with Gasteiger partial charge in [-0.25, -0.2) is 0 Å². The third-order valence-corrected chi connectivity index (χ3v) is 10.0. The van der Waals surface area contributed by atoms with Crippen LogP contribution in [0.1, 0.15) is 89.4 Å². The van der Waals surface area contributed by atoms with Gasteiger partial charge in [0.1, 0.15) is 0 Å². The molecule has 0 aliphatic rings. The van der Waals surface area contributed by atoms with E-state index in [2.05, 4.69) is 27.7 Å². The van der Waals surface area contributed by atoms with Crippen LogP contribution in [0.4, 0.5) is 0 Å². The summed E-state index contributed by atoms with van der Waals surface area (Å²) in [5.41, 5.74) is 0.220. The number of carbonyl (C=O) groups excluding carboxylic acids is 1. The lowest BCUT2D eigenvalue weighted by Crippen LogP contribution is -2.21. The van der Waals surface area contributed by atoms with E-state index in [0.717, 1.165) is 0 Å². The average Bonchev–Trinajstić information content (AvgIpc) is 2.68. The number of hydrogen-bond donors (Lipinski definition) is 0. The van der Waals surface area contributed by atoms with E-state index in [1.54, 1.807) is 42.8 Å². The van der Waals surface area contributed by atoms with Crippen molar-refractivity contribution in [2.75, 3.05) is 24.6 Å². The fourth-order valence-corrected chi connectivity index (χ4v) is 8.51. The number of unbranched alkanes of at least 4 members (excludes halogenated alkanes) is 4. The zero-order valence-corrected chi connectivity index (χ0v) is 18.5. The number of carboxylic acids is 1. The van der Waals surface area contributed by atoms with Gasteiger partial charge in [-0.1, -0.05) is 83.7 Å². The molecule has 0 fully saturated rings. The van der Waals surface area contributed by atoms with Gasteiger partial charge in [-0.2, -0.15) is 0 Å². The van der Waals surface area contributed by atoms with E-state index >= 15 is 0 Å². The van der Waals surface area contributed by atoms with Gasteiger partial charge in [0, 0.05) is 7.26 Å². The molecule has 3 heteroatoms. The summed E-state index contributed by atoms with van der Waals surface area (Å²) in [7, 11) is -0.562. The number of benzene rings is 1. The van der Waals surface area contributed by atoms with Crippen molar-refractivity contribution in [3.05, 3.63) is 35.9 Å². The first kappa shape index (κ1) is 25.1. The Labute approximate surface area is 163 Å². The summed E-state index contributed by atoms with van der Waals surface area (Å²) in [5, 5.41) is 10.1. The van der Waals surface area contributed by atoms with Crippen molar-refractivity contribution < 1.29 is 9.90 Å². The third kappa shape index (κ3) is 11.7. The molecule has 0 bridgehead atoms. The van der Waals surface area contributed by atoms with Crippen LogP contribution in [0.5, 0.6) is 0 Å². The molecule has 0 aliphatic carbocycles. The zero-order valence-electron chi connectivity index (χ0n) is 17.6. The van der Waals surface area contributed by atoms with Crippen LogP contribution in [0.25, 0.3) is 0 Å². The number of carbonyl (C=O) groups is 1. The Morgan fingerprint density at radius 1 is 0.731 bits per heavy atom. The quantitative estimate of drug-likeness (QED) is 0.379. The van der Waals surface area contributed by atoms with Gasteiger partial charge in [0.05, 0.1) is 30.6 Å². The maximum absolute atomic E-state index is 10.1. The first-order valence-corrected chi connectivity index (χ1v) is 13.2. The minimum Gasteiger partial charge on any atom is -0.545 e. The highest BCUT2D eigenvalue weighted by Crippen LogP contribution is 2.61. The topological polar surface area (TPSA) is 40.1 Å². The summed E-state index contributed by atoms with van der Waals surface area (Å²) in [4.78, 5) is 10.1. The molecule has 0 atom stereocenters. The van der Waals surface area contributed by atoms with Gasteiger partial charge in [0.2, 0.25) is 0 Å². The fraction of sp³-hybridized carbons (Fsp3) is 0.696. The van der Waals surface area contributed by atoms with Crippen molar-refractivity contribution >= 4 is 13.2 Å². The standard InChI is InChI=1S/C16H36P.C7H6O2/c1-5-9-13-17(14-10-6-2,15-11-7-3)16-12-8-4;8-7(9)6-4-2-1-3-5-6/h5-16H2,1-4H3;1-5H,(H,8,9)/q+1;/p-1. The lowest BCUT2D eigenvalue weighted by molar-refractivity contribution is -0.255. The monoisotopic (exact) mass is 380 g/mol. The summed E-state index contributed by atoms with van der Waals surface area (Å²) in [5.74, 6) is -1.13. The van der Waals surface area contributed by atoms with E-state index in [0.29, 0.717) is 0 Å². The molecule has 0 saturated carbocycles. The Hall–Kier alpha value is -0.880. The van der Waals surface area contributed by atoms with Gasteiger partial charge in [0.15, 0.2) is 0 Å². The van der Waals surface area contributed by atoms with Crippen molar-refractivity contribution in [2.45, 2.75) is 79.1 Å². The minimum atomic E-state index is -1.13. The summed E-state index contributed by atoms with van der Waals surface area (Å²) in [6.07, 6.45) is 17.9. The van der Waals surface area contributed by atoms with Gasteiger partial charge in [-0.15, -0.1) is 0 Å². The summed E-state index contributed by atoms with van der Waals surface area (Å²) >= 11 is 0. The number of hydrogen-bond acceptors (Lipinski definition) is 2. The van der Waals surface area contributed by atoms with Crippen LogP contribution in [0.2, 0.25) is 0 Å². The van der Waals surface area contributed by atoms with Crippen molar-refractivity contribution in [2.24, 2.45) is 0 Å². The van der Waals surface area contributed by atoms with Crippen LogP contribution in [0.3, 0.4) is 0 Å². The van der Waals surface area contributed by atoms with Crippen LogP contribution >= 0.6 is 7.26 Å². The van der Waals surface area contributed by atoms with Crippen LogP contribution in [0.15, 0.2) is 30.3 Å². The number of carboxylic acid groups (broad SMARTS) is 1. The number of aromatic carboxylic acids is 1. The largest absolute Gasteiger partial charge is 0.545 e. The molecule has 0 radical (unpaired) electrons. The Morgan fingerprint density at radius 2 is 1.08 bits per heavy atom. The second kappa shape index (κ2) is 16.3. The predicted octanol–water partition coefficient (Wildman–Crippen LogP) is 6.25. The van der Waals surface area contributed by atoms with Crippen LogP contribution in [-0.2, 0) is 0 Å². The Kier molecular flexibility index (Phi) is 15.8. The third-order valence-electron chi connectivity index (χ3n) is 4.95. The molecule has 150 valence electrons. The molecule has 2 nitrogen and oxygen atoms in total. The summed E-state index contributed by atoms with van der Waals surface area (Å²) in [6.45, 7) is 9.42. The van der Waals surface area contributed by atoms with E-state index in [1.165, 1.54) is 63.5 Å². The normalized spacial score (nSPS) is 10.9. The van der Waals surface area contributed by atoms with Crippen LogP contribution < -0.4 is 5.11 Å². The van der Waals surface area contributed by atoms with E-state index in [9.17, 15) is 9.90 Å². The number of rotatable bonds is 13. The SMILES string of the molecule is CCCC[P+](CCCC)(CCCC)CCCC.O=C([O-])c1ccccc1. The zero-order chi connectivity index (χ0) is 19.7. The minimum absolute atomic E-state index is 0.220. The van der Waals surface area contributed by atoms with Gasteiger partial charge < -0.3 is 9.90 Å². The van der Waals surface area contributed by atoms with E-state index in [-0.39, 0.29) is 5.56 Å². The second-order valence-corrected chi connectivity index (χ2v) is 11.8. The highest BCUT2D eigenvalue weighted by atomic mass is 31.2. The lowest BCUT2D eigenvalue weighted by Gasteiger charge is -2.28. The van der Waals surface area contributed by atoms with Gasteiger partial charge in [-0.05, 0) is 31.2 Å². The van der Waals surface area contributed by atoms with Crippen molar-refractivity contribution in [1.82, 2.24) is 0 Å². The highest BCUT2D eigenvalue weighted by Gasteiger charge is 2.34. The van der Waals surface area contributed by atoms with Crippen LogP contribution in [0, 0.1) is 0 Å².